The summed E-state index contributed by atoms with van der Waals surface area (Å²) in [4.78, 5) is 3.58. The second kappa shape index (κ2) is 13.7. The Morgan fingerprint density at radius 2 is 1.43 bits per heavy atom. The van der Waals surface area contributed by atoms with Crippen LogP contribution in [0.5, 0.6) is 0 Å². The van der Waals surface area contributed by atoms with Crippen molar-refractivity contribution >= 4 is 17.4 Å². The zero-order valence-corrected chi connectivity index (χ0v) is 16.1. The summed E-state index contributed by atoms with van der Waals surface area (Å²) in [5.41, 5.74) is 1.24. The molecule has 0 radical (unpaired) electrons. The van der Waals surface area contributed by atoms with E-state index < -0.39 is 0 Å². The standard InChI is InChI=1S/C19H35N3S/c1-22(2)17-9-8-15-20-14-6-4-5-7-16-21-18-10-12-19(23-3)13-11-18/h10-13,20-21H,4-9,14-17H2,1-3H3. The van der Waals surface area contributed by atoms with Crippen molar-refractivity contribution in [1.29, 1.82) is 0 Å². The molecular formula is C19H35N3S. The van der Waals surface area contributed by atoms with Gasteiger partial charge in [-0.2, -0.15) is 0 Å². The molecule has 0 saturated carbocycles. The maximum atomic E-state index is 3.55. The number of unbranched alkanes of at least 4 members (excludes halogenated alkanes) is 4. The molecule has 132 valence electrons. The highest BCUT2D eigenvalue weighted by Crippen LogP contribution is 2.17. The summed E-state index contributed by atoms with van der Waals surface area (Å²) in [6.07, 6.45) is 9.90. The second-order valence-electron chi connectivity index (χ2n) is 6.33. The van der Waals surface area contributed by atoms with Gasteiger partial charge in [-0.15, -0.1) is 11.8 Å². The molecule has 0 bridgehead atoms. The van der Waals surface area contributed by atoms with Crippen LogP contribution in [0.15, 0.2) is 29.2 Å². The predicted octanol–water partition coefficient (Wildman–Crippen LogP) is 4.31. The molecule has 0 aliphatic carbocycles. The topological polar surface area (TPSA) is 27.3 Å². The number of benzene rings is 1. The third kappa shape index (κ3) is 11.5. The lowest BCUT2D eigenvalue weighted by Gasteiger charge is -2.09. The summed E-state index contributed by atoms with van der Waals surface area (Å²) in [5, 5.41) is 7.05. The predicted molar refractivity (Wildman–Crippen MR) is 106 cm³/mol. The van der Waals surface area contributed by atoms with E-state index in [0.29, 0.717) is 0 Å². The van der Waals surface area contributed by atoms with Gasteiger partial charge in [-0.3, -0.25) is 0 Å². The SMILES string of the molecule is CSc1ccc(NCCCCCCNCCCCN(C)C)cc1. The van der Waals surface area contributed by atoms with E-state index in [9.17, 15) is 0 Å². The van der Waals surface area contributed by atoms with Crippen LogP contribution in [0, 0.1) is 0 Å². The molecule has 4 heteroatoms. The summed E-state index contributed by atoms with van der Waals surface area (Å²) in [6, 6.07) is 8.70. The van der Waals surface area contributed by atoms with Gasteiger partial charge in [0.1, 0.15) is 0 Å². The van der Waals surface area contributed by atoms with Crippen LogP contribution in [-0.2, 0) is 0 Å². The second-order valence-corrected chi connectivity index (χ2v) is 7.21. The fourth-order valence-corrected chi connectivity index (χ4v) is 2.88. The molecule has 0 fully saturated rings. The first-order valence-corrected chi connectivity index (χ1v) is 10.2. The van der Waals surface area contributed by atoms with Crippen molar-refractivity contribution in [2.24, 2.45) is 0 Å². The van der Waals surface area contributed by atoms with Gasteiger partial charge in [0.25, 0.3) is 0 Å². The summed E-state index contributed by atoms with van der Waals surface area (Å²) in [7, 11) is 4.28. The molecule has 2 N–H and O–H groups in total. The van der Waals surface area contributed by atoms with Crippen LogP contribution >= 0.6 is 11.8 Å². The van der Waals surface area contributed by atoms with E-state index in [1.165, 1.54) is 68.7 Å². The monoisotopic (exact) mass is 337 g/mol. The van der Waals surface area contributed by atoms with Gasteiger partial charge in [0.05, 0.1) is 0 Å². The maximum absolute atomic E-state index is 3.55. The number of hydrogen-bond acceptors (Lipinski definition) is 4. The molecule has 0 saturated heterocycles. The van der Waals surface area contributed by atoms with Crippen LogP contribution in [0.4, 0.5) is 5.69 Å². The molecule has 0 amide bonds. The molecule has 1 rings (SSSR count). The summed E-state index contributed by atoms with van der Waals surface area (Å²) < 4.78 is 0. The van der Waals surface area contributed by atoms with Crippen LogP contribution in [0.3, 0.4) is 0 Å². The van der Waals surface area contributed by atoms with Gasteiger partial charge in [0, 0.05) is 17.1 Å². The zero-order chi connectivity index (χ0) is 16.8. The van der Waals surface area contributed by atoms with Crippen molar-refractivity contribution < 1.29 is 0 Å². The van der Waals surface area contributed by atoms with E-state index in [2.05, 4.69) is 60.2 Å². The highest BCUT2D eigenvalue weighted by molar-refractivity contribution is 7.98. The van der Waals surface area contributed by atoms with Crippen molar-refractivity contribution in [3.05, 3.63) is 24.3 Å². The van der Waals surface area contributed by atoms with Crippen molar-refractivity contribution in [2.75, 3.05) is 51.8 Å². The van der Waals surface area contributed by atoms with Crippen LogP contribution in [0.1, 0.15) is 38.5 Å². The van der Waals surface area contributed by atoms with Gasteiger partial charge in [0.2, 0.25) is 0 Å². The Morgan fingerprint density at radius 1 is 0.826 bits per heavy atom. The van der Waals surface area contributed by atoms with E-state index in [1.54, 1.807) is 11.8 Å². The minimum absolute atomic E-state index is 1.08. The van der Waals surface area contributed by atoms with Gasteiger partial charge in [-0.05, 0) is 89.9 Å². The Kier molecular flexibility index (Phi) is 12.1. The third-order valence-corrected chi connectivity index (χ3v) is 4.65. The van der Waals surface area contributed by atoms with E-state index in [4.69, 9.17) is 0 Å². The van der Waals surface area contributed by atoms with Crippen molar-refractivity contribution in [3.8, 4) is 0 Å². The summed E-state index contributed by atoms with van der Waals surface area (Å²) in [5.74, 6) is 0. The Balaban J connectivity index is 1.84. The molecule has 1 aromatic rings. The van der Waals surface area contributed by atoms with Gasteiger partial charge >= 0.3 is 0 Å². The van der Waals surface area contributed by atoms with Crippen LogP contribution in [-0.4, -0.2) is 51.4 Å². The Morgan fingerprint density at radius 3 is 2.04 bits per heavy atom. The van der Waals surface area contributed by atoms with E-state index in [0.717, 1.165) is 6.54 Å². The lowest BCUT2D eigenvalue weighted by molar-refractivity contribution is 0.391. The number of rotatable bonds is 14. The first kappa shape index (κ1) is 20.3. The summed E-state index contributed by atoms with van der Waals surface area (Å²) in [6.45, 7) is 4.62. The van der Waals surface area contributed by atoms with Crippen molar-refractivity contribution in [3.63, 3.8) is 0 Å². The van der Waals surface area contributed by atoms with Gasteiger partial charge in [-0.1, -0.05) is 12.8 Å². The third-order valence-electron chi connectivity index (χ3n) is 3.91. The molecule has 0 spiro atoms. The quantitative estimate of drug-likeness (QED) is 0.391. The molecule has 0 aromatic heterocycles. The fourth-order valence-electron chi connectivity index (χ4n) is 2.47. The molecule has 3 nitrogen and oxygen atoms in total. The summed E-state index contributed by atoms with van der Waals surface area (Å²) >= 11 is 1.79. The lowest BCUT2D eigenvalue weighted by Crippen LogP contribution is -2.19. The maximum Gasteiger partial charge on any atom is 0.0340 e. The normalized spacial score (nSPS) is 11.1. The smallest absolute Gasteiger partial charge is 0.0340 e. The van der Waals surface area contributed by atoms with Crippen LogP contribution < -0.4 is 10.6 Å². The molecule has 0 aliphatic rings. The van der Waals surface area contributed by atoms with Crippen molar-refractivity contribution in [1.82, 2.24) is 10.2 Å². The van der Waals surface area contributed by atoms with Gasteiger partial charge < -0.3 is 15.5 Å². The number of thioether (sulfide) groups is 1. The first-order chi connectivity index (χ1) is 11.2. The molecule has 1 aromatic carbocycles. The average molecular weight is 338 g/mol. The van der Waals surface area contributed by atoms with Crippen molar-refractivity contribution in [2.45, 2.75) is 43.4 Å². The highest BCUT2D eigenvalue weighted by atomic mass is 32.2. The Labute approximate surface area is 147 Å². The fraction of sp³-hybridized carbons (Fsp3) is 0.684. The van der Waals surface area contributed by atoms with E-state index >= 15 is 0 Å². The number of hydrogen-bond donors (Lipinski definition) is 2. The lowest BCUT2D eigenvalue weighted by atomic mass is 10.2. The highest BCUT2D eigenvalue weighted by Gasteiger charge is 1.95. The Hall–Kier alpha value is -0.710. The van der Waals surface area contributed by atoms with Gasteiger partial charge in [-0.25, -0.2) is 0 Å². The van der Waals surface area contributed by atoms with E-state index in [1.807, 2.05) is 0 Å². The molecule has 23 heavy (non-hydrogen) atoms. The van der Waals surface area contributed by atoms with Crippen LogP contribution in [0.25, 0.3) is 0 Å². The molecule has 0 aliphatic heterocycles. The zero-order valence-electron chi connectivity index (χ0n) is 15.2. The molecular weight excluding hydrogens is 302 g/mol. The number of nitrogens with one attached hydrogen (secondary N) is 2. The first-order valence-electron chi connectivity index (χ1n) is 8.96. The van der Waals surface area contributed by atoms with Gasteiger partial charge in [0.15, 0.2) is 0 Å². The molecule has 0 heterocycles. The Bertz CT molecular complexity index is 379. The average Bonchev–Trinajstić information content (AvgIpc) is 2.56. The minimum Gasteiger partial charge on any atom is -0.385 e. The largest absolute Gasteiger partial charge is 0.385 e. The minimum atomic E-state index is 1.08. The number of nitrogens with zero attached hydrogens (tertiary/aromatic N) is 1. The van der Waals surface area contributed by atoms with Crippen LogP contribution in [0.2, 0.25) is 0 Å². The van der Waals surface area contributed by atoms with E-state index in [-0.39, 0.29) is 0 Å². The molecule has 0 atom stereocenters. The number of anilines is 1. The molecule has 0 unspecified atom stereocenters.